The summed E-state index contributed by atoms with van der Waals surface area (Å²) >= 11 is 12.1. The molecule has 0 aliphatic heterocycles. The zero-order valence-electron chi connectivity index (χ0n) is 15.6. The SMILES string of the molecule is O=C(CCc1ccc(Cl)cc1Cl)Nc1ccccc1C(=O)NCc1ccccc1. The fourth-order valence-corrected chi connectivity index (χ4v) is 3.35. The molecule has 0 aliphatic rings. The summed E-state index contributed by atoms with van der Waals surface area (Å²) in [4.78, 5) is 25.0. The lowest BCUT2D eigenvalue weighted by molar-refractivity contribution is -0.116. The van der Waals surface area contributed by atoms with Crippen LogP contribution >= 0.6 is 23.2 Å². The number of carbonyl (C=O) groups excluding carboxylic acids is 2. The highest BCUT2D eigenvalue weighted by Gasteiger charge is 2.13. The predicted molar refractivity (Wildman–Crippen MR) is 117 cm³/mol. The zero-order valence-corrected chi connectivity index (χ0v) is 17.1. The lowest BCUT2D eigenvalue weighted by Crippen LogP contribution is -2.24. The first-order valence-electron chi connectivity index (χ1n) is 9.18. The Morgan fingerprint density at radius 2 is 1.59 bits per heavy atom. The Labute approximate surface area is 179 Å². The second-order valence-corrected chi connectivity index (χ2v) is 7.34. The van der Waals surface area contributed by atoms with Gasteiger partial charge in [0, 0.05) is 23.0 Å². The van der Waals surface area contributed by atoms with E-state index in [-0.39, 0.29) is 18.2 Å². The topological polar surface area (TPSA) is 58.2 Å². The Hall–Kier alpha value is -2.82. The molecule has 2 N–H and O–H groups in total. The molecule has 0 saturated carbocycles. The van der Waals surface area contributed by atoms with Gasteiger partial charge in [0.15, 0.2) is 0 Å². The molecular weight excluding hydrogens is 407 g/mol. The Morgan fingerprint density at radius 1 is 0.862 bits per heavy atom. The highest BCUT2D eigenvalue weighted by molar-refractivity contribution is 6.35. The summed E-state index contributed by atoms with van der Waals surface area (Å²) < 4.78 is 0. The molecule has 0 atom stereocenters. The Bertz CT molecular complexity index is 1010. The number of rotatable bonds is 7. The highest BCUT2D eigenvalue weighted by atomic mass is 35.5. The summed E-state index contributed by atoms with van der Waals surface area (Å²) in [6, 6.07) is 21.8. The minimum atomic E-state index is -0.245. The summed E-state index contributed by atoms with van der Waals surface area (Å²) in [6.07, 6.45) is 0.714. The molecule has 29 heavy (non-hydrogen) atoms. The van der Waals surface area contributed by atoms with Crippen LogP contribution in [0.3, 0.4) is 0 Å². The van der Waals surface area contributed by atoms with Crippen LogP contribution in [-0.2, 0) is 17.8 Å². The van der Waals surface area contributed by atoms with Crippen molar-refractivity contribution in [3.8, 4) is 0 Å². The molecule has 3 aromatic carbocycles. The molecule has 0 saturated heterocycles. The number of hydrogen-bond acceptors (Lipinski definition) is 2. The van der Waals surface area contributed by atoms with Crippen molar-refractivity contribution < 1.29 is 9.59 Å². The zero-order chi connectivity index (χ0) is 20.6. The molecule has 3 aromatic rings. The van der Waals surface area contributed by atoms with Crippen LogP contribution in [0, 0.1) is 0 Å². The summed E-state index contributed by atoms with van der Waals surface area (Å²) in [5.41, 5.74) is 2.74. The Kier molecular flexibility index (Phi) is 7.28. The third kappa shape index (κ3) is 6.08. The van der Waals surface area contributed by atoms with Crippen LogP contribution in [0.2, 0.25) is 10.0 Å². The molecule has 0 bridgehead atoms. The standard InChI is InChI=1S/C23H20Cl2N2O2/c24-18-12-10-17(20(25)14-18)11-13-22(28)27-21-9-5-4-8-19(21)23(29)26-15-16-6-2-1-3-7-16/h1-10,12,14H,11,13,15H2,(H,26,29)(H,27,28). The second-order valence-electron chi connectivity index (χ2n) is 6.50. The van der Waals surface area contributed by atoms with Gasteiger partial charge >= 0.3 is 0 Å². The van der Waals surface area contributed by atoms with Gasteiger partial charge in [0.05, 0.1) is 11.3 Å². The summed E-state index contributed by atoms with van der Waals surface area (Å²) in [5.74, 6) is -0.440. The van der Waals surface area contributed by atoms with Gasteiger partial charge in [0.2, 0.25) is 5.91 Å². The maximum atomic E-state index is 12.6. The molecule has 4 nitrogen and oxygen atoms in total. The van der Waals surface area contributed by atoms with Crippen molar-refractivity contribution in [3.63, 3.8) is 0 Å². The fourth-order valence-electron chi connectivity index (χ4n) is 2.85. The van der Waals surface area contributed by atoms with E-state index in [1.165, 1.54) is 0 Å². The van der Waals surface area contributed by atoms with Crippen molar-refractivity contribution in [1.82, 2.24) is 5.32 Å². The lowest BCUT2D eigenvalue weighted by atomic mass is 10.1. The molecule has 0 heterocycles. The van der Waals surface area contributed by atoms with E-state index >= 15 is 0 Å². The van der Waals surface area contributed by atoms with Gasteiger partial charge in [-0.05, 0) is 41.8 Å². The van der Waals surface area contributed by atoms with E-state index in [1.54, 1.807) is 36.4 Å². The fraction of sp³-hybridized carbons (Fsp3) is 0.130. The number of benzene rings is 3. The number of amides is 2. The van der Waals surface area contributed by atoms with Crippen molar-refractivity contribution in [3.05, 3.63) is 99.5 Å². The van der Waals surface area contributed by atoms with Gasteiger partial charge in [0.25, 0.3) is 5.91 Å². The van der Waals surface area contributed by atoms with Crippen LogP contribution < -0.4 is 10.6 Å². The maximum Gasteiger partial charge on any atom is 0.253 e. The minimum Gasteiger partial charge on any atom is -0.348 e. The van der Waals surface area contributed by atoms with Crippen LogP contribution in [0.4, 0.5) is 5.69 Å². The Balaban J connectivity index is 1.60. The molecule has 6 heteroatoms. The number of hydrogen-bond donors (Lipinski definition) is 2. The van der Waals surface area contributed by atoms with Gasteiger partial charge in [0.1, 0.15) is 0 Å². The first-order chi connectivity index (χ1) is 14.0. The Morgan fingerprint density at radius 3 is 2.34 bits per heavy atom. The quantitative estimate of drug-likeness (QED) is 0.524. The molecule has 0 aromatic heterocycles. The largest absolute Gasteiger partial charge is 0.348 e. The van der Waals surface area contributed by atoms with E-state index in [0.29, 0.717) is 34.3 Å². The number of nitrogens with one attached hydrogen (secondary N) is 2. The van der Waals surface area contributed by atoms with Crippen LogP contribution in [0.25, 0.3) is 0 Å². The average Bonchev–Trinajstić information content (AvgIpc) is 2.72. The van der Waals surface area contributed by atoms with E-state index in [1.807, 2.05) is 36.4 Å². The van der Waals surface area contributed by atoms with Gasteiger partial charge in [-0.25, -0.2) is 0 Å². The molecular formula is C23H20Cl2N2O2. The summed E-state index contributed by atoms with van der Waals surface area (Å²) in [5, 5.41) is 6.79. The molecule has 0 spiro atoms. The van der Waals surface area contributed by atoms with E-state index in [2.05, 4.69) is 10.6 Å². The molecule has 2 amide bonds. The number of halogens is 2. The van der Waals surface area contributed by atoms with Crippen molar-refractivity contribution in [2.75, 3.05) is 5.32 Å². The van der Waals surface area contributed by atoms with Gasteiger partial charge in [-0.3, -0.25) is 9.59 Å². The lowest BCUT2D eigenvalue weighted by Gasteiger charge is -2.12. The van der Waals surface area contributed by atoms with Gasteiger partial charge in [-0.2, -0.15) is 0 Å². The number of anilines is 1. The van der Waals surface area contributed by atoms with Crippen LogP contribution in [0.1, 0.15) is 27.9 Å². The normalized spacial score (nSPS) is 10.4. The molecule has 0 fully saturated rings. The number of carbonyl (C=O) groups is 2. The van der Waals surface area contributed by atoms with Gasteiger partial charge in [-0.15, -0.1) is 0 Å². The van der Waals surface area contributed by atoms with Crippen molar-refractivity contribution in [1.29, 1.82) is 0 Å². The number of para-hydroxylation sites is 1. The first kappa shape index (κ1) is 20.9. The van der Waals surface area contributed by atoms with E-state index in [9.17, 15) is 9.59 Å². The minimum absolute atomic E-state index is 0.195. The van der Waals surface area contributed by atoms with Gasteiger partial charge in [-0.1, -0.05) is 71.7 Å². The smallest absolute Gasteiger partial charge is 0.253 e. The molecule has 0 radical (unpaired) electrons. The van der Waals surface area contributed by atoms with Crippen LogP contribution in [-0.4, -0.2) is 11.8 Å². The number of aryl methyl sites for hydroxylation is 1. The van der Waals surface area contributed by atoms with Crippen molar-refractivity contribution in [2.45, 2.75) is 19.4 Å². The van der Waals surface area contributed by atoms with Crippen LogP contribution in [0.15, 0.2) is 72.8 Å². The third-order valence-electron chi connectivity index (χ3n) is 4.38. The summed E-state index contributed by atoms with van der Waals surface area (Å²) in [7, 11) is 0. The average molecular weight is 427 g/mol. The summed E-state index contributed by atoms with van der Waals surface area (Å²) in [6.45, 7) is 0.414. The van der Waals surface area contributed by atoms with E-state index < -0.39 is 0 Å². The predicted octanol–water partition coefficient (Wildman–Crippen LogP) is 5.49. The molecule has 0 aliphatic carbocycles. The monoisotopic (exact) mass is 426 g/mol. The molecule has 0 unspecified atom stereocenters. The maximum absolute atomic E-state index is 12.6. The molecule has 148 valence electrons. The first-order valence-corrected chi connectivity index (χ1v) is 9.93. The van der Waals surface area contributed by atoms with Gasteiger partial charge < -0.3 is 10.6 Å². The third-order valence-corrected chi connectivity index (χ3v) is 4.97. The van der Waals surface area contributed by atoms with Crippen molar-refractivity contribution >= 4 is 40.7 Å². The van der Waals surface area contributed by atoms with E-state index in [0.717, 1.165) is 11.1 Å². The van der Waals surface area contributed by atoms with E-state index in [4.69, 9.17) is 23.2 Å². The van der Waals surface area contributed by atoms with Crippen LogP contribution in [0.5, 0.6) is 0 Å². The molecule has 3 rings (SSSR count). The highest BCUT2D eigenvalue weighted by Crippen LogP contribution is 2.22. The second kappa shape index (κ2) is 10.1. The van der Waals surface area contributed by atoms with Crippen molar-refractivity contribution in [2.24, 2.45) is 0 Å².